The van der Waals surface area contributed by atoms with E-state index in [0.29, 0.717) is 31.6 Å². The number of esters is 1. The molecule has 1 aliphatic rings. The molecule has 0 spiro atoms. The molecule has 3 rings (SSSR count). The van der Waals surface area contributed by atoms with Crippen LogP contribution in [0.15, 0.2) is 48.5 Å². The zero-order chi connectivity index (χ0) is 20.1. The number of ether oxygens (including phenoxy) is 1. The number of nitrogens with zero attached hydrogens (tertiary/aromatic N) is 1. The molecule has 0 radical (unpaired) electrons. The molecule has 0 bridgehead atoms. The van der Waals surface area contributed by atoms with E-state index in [1.54, 1.807) is 30.3 Å². The minimum absolute atomic E-state index is 0.0798. The van der Waals surface area contributed by atoms with Gasteiger partial charge in [0.2, 0.25) is 10.0 Å². The van der Waals surface area contributed by atoms with Crippen molar-refractivity contribution in [2.75, 3.05) is 24.5 Å². The maximum Gasteiger partial charge on any atom is 0.337 e. The molecular formula is C20H23FN2O4S. The number of carbonyl (C=O) groups excluding carboxylic acids is 1. The molecule has 2 aromatic carbocycles. The first kappa shape index (κ1) is 20.3. The third-order valence-electron chi connectivity index (χ3n) is 4.85. The Balaban J connectivity index is 1.96. The van der Waals surface area contributed by atoms with Gasteiger partial charge in [0, 0.05) is 5.56 Å². The SMILES string of the molecule is COC(=O)c1ccc(CN(c2ccccc2)S(=O)(=O)C2CCNCC2)c(F)c1. The first-order chi connectivity index (χ1) is 13.4. The van der Waals surface area contributed by atoms with Crippen LogP contribution in [0.2, 0.25) is 0 Å². The molecule has 8 heteroatoms. The number of benzene rings is 2. The molecule has 0 atom stereocenters. The standard InChI is InChI=1S/C20H23FN2O4S/c1-27-20(24)15-7-8-16(19(21)13-15)14-23(17-5-3-2-4-6-17)28(25,26)18-9-11-22-12-10-18/h2-8,13,18,22H,9-12,14H2,1H3. The van der Waals surface area contributed by atoms with E-state index in [0.717, 1.165) is 6.07 Å². The monoisotopic (exact) mass is 406 g/mol. The van der Waals surface area contributed by atoms with Crippen molar-refractivity contribution >= 4 is 21.7 Å². The first-order valence-electron chi connectivity index (χ1n) is 9.07. The van der Waals surface area contributed by atoms with Gasteiger partial charge in [-0.05, 0) is 50.2 Å². The Kier molecular flexibility index (Phi) is 6.31. The normalized spacial score (nSPS) is 15.2. The molecule has 6 nitrogen and oxygen atoms in total. The van der Waals surface area contributed by atoms with Gasteiger partial charge < -0.3 is 10.1 Å². The molecule has 150 valence electrons. The van der Waals surface area contributed by atoms with Gasteiger partial charge in [-0.1, -0.05) is 24.3 Å². The van der Waals surface area contributed by atoms with Gasteiger partial charge in [-0.15, -0.1) is 0 Å². The highest BCUT2D eigenvalue weighted by Crippen LogP contribution is 2.27. The third-order valence-corrected chi connectivity index (χ3v) is 7.12. The second-order valence-corrected chi connectivity index (χ2v) is 8.77. The molecule has 0 unspecified atom stereocenters. The van der Waals surface area contributed by atoms with Gasteiger partial charge in [0.1, 0.15) is 5.82 Å². The summed E-state index contributed by atoms with van der Waals surface area (Å²) in [4.78, 5) is 11.6. The molecule has 0 saturated carbocycles. The number of rotatable bonds is 6. The van der Waals surface area contributed by atoms with Crippen LogP contribution >= 0.6 is 0 Å². The summed E-state index contributed by atoms with van der Waals surface area (Å²) in [7, 11) is -2.47. The Hall–Kier alpha value is -2.45. The Morgan fingerprint density at radius 3 is 2.46 bits per heavy atom. The third kappa shape index (κ3) is 4.34. The molecule has 1 N–H and O–H groups in total. The van der Waals surface area contributed by atoms with Crippen molar-refractivity contribution in [3.63, 3.8) is 0 Å². The number of methoxy groups -OCH3 is 1. The Bertz CT molecular complexity index is 928. The number of para-hydroxylation sites is 1. The Morgan fingerprint density at radius 1 is 1.18 bits per heavy atom. The maximum absolute atomic E-state index is 14.6. The van der Waals surface area contributed by atoms with Gasteiger partial charge >= 0.3 is 5.97 Å². The summed E-state index contributed by atoms with van der Waals surface area (Å²) in [6, 6.07) is 12.6. The summed E-state index contributed by atoms with van der Waals surface area (Å²) < 4.78 is 47.1. The molecule has 1 heterocycles. The lowest BCUT2D eigenvalue weighted by Crippen LogP contribution is -2.44. The molecular weight excluding hydrogens is 383 g/mol. The van der Waals surface area contributed by atoms with E-state index in [1.807, 2.05) is 0 Å². The molecule has 1 aliphatic heterocycles. The summed E-state index contributed by atoms with van der Waals surface area (Å²) >= 11 is 0. The van der Waals surface area contributed by atoms with Crippen molar-refractivity contribution in [2.45, 2.75) is 24.6 Å². The van der Waals surface area contributed by atoms with Gasteiger partial charge in [-0.2, -0.15) is 0 Å². The van der Waals surface area contributed by atoms with Crippen LogP contribution in [-0.2, 0) is 21.3 Å². The van der Waals surface area contributed by atoms with Crippen LogP contribution in [0, 0.1) is 5.82 Å². The van der Waals surface area contributed by atoms with E-state index in [4.69, 9.17) is 0 Å². The van der Waals surface area contributed by atoms with E-state index in [1.165, 1.54) is 23.5 Å². The van der Waals surface area contributed by atoms with Crippen molar-refractivity contribution in [1.29, 1.82) is 0 Å². The summed E-state index contributed by atoms with van der Waals surface area (Å²) in [5, 5.41) is 2.64. The van der Waals surface area contributed by atoms with Gasteiger partial charge in [-0.3, -0.25) is 4.31 Å². The van der Waals surface area contributed by atoms with Crippen molar-refractivity contribution in [3.8, 4) is 0 Å². The molecule has 28 heavy (non-hydrogen) atoms. The summed E-state index contributed by atoms with van der Waals surface area (Å²) in [6.07, 6.45) is 1.02. The lowest BCUT2D eigenvalue weighted by Gasteiger charge is -2.31. The van der Waals surface area contributed by atoms with Crippen LogP contribution < -0.4 is 9.62 Å². The van der Waals surface area contributed by atoms with E-state index in [9.17, 15) is 17.6 Å². The number of hydrogen-bond acceptors (Lipinski definition) is 5. The van der Waals surface area contributed by atoms with Crippen LogP contribution in [0.5, 0.6) is 0 Å². The summed E-state index contributed by atoms with van der Waals surface area (Å²) in [5.41, 5.74) is 0.753. The number of sulfonamides is 1. The number of piperidine rings is 1. The van der Waals surface area contributed by atoms with E-state index in [2.05, 4.69) is 10.1 Å². The Morgan fingerprint density at radius 2 is 1.86 bits per heavy atom. The number of carbonyl (C=O) groups is 1. The first-order valence-corrected chi connectivity index (χ1v) is 10.6. The molecule has 2 aromatic rings. The molecule has 0 amide bonds. The largest absolute Gasteiger partial charge is 0.465 e. The fraction of sp³-hybridized carbons (Fsp3) is 0.350. The number of halogens is 1. The predicted molar refractivity (Wildman–Crippen MR) is 105 cm³/mol. The highest BCUT2D eigenvalue weighted by molar-refractivity contribution is 7.93. The number of anilines is 1. The van der Waals surface area contributed by atoms with Crippen LogP contribution in [0.25, 0.3) is 0 Å². The van der Waals surface area contributed by atoms with E-state index < -0.39 is 27.1 Å². The fourth-order valence-electron chi connectivity index (χ4n) is 3.27. The van der Waals surface area contributed by atoms with E-state index in [-0.39, 0.29) is 17.7 Å². The van der Waals surface area contributed by atoms with Crippen molar-refractivity contribution in [2.24, 2.45) is 0 Å². The van der Waals surface area contributed by atoms with Gasteiger partial charge in [0.15, 0.2) is 0 Å². The average molecular weight is 406 g/mol. The fourth-order valence-corrected chi connectivity index (χ4v) is 5.20. The molecule has 0 aliphatic carbocycles. The number of nitrogens with one attached hydrogen (secondary N) is 1. The summed E-state index contributed by atoms with van der Waals surface area (Å²) in [6.45, 7) is 1.12. The number of hydrogen-bond donors (Lipinski definition) is 1. The lowest BCUT2D eigenvalue weighted by atomic mass is 10.1. The van der Waals surface area contributed by atoms with Crippen LogP contribution in [0.4, 0.5) is 10.1 Å². The molecule has 1 saturated heterocycles. The van der Waals surface area contributed by atoms with Gasteiger partial charge in [-0.25, -0.2) is 17.6 Å². The van der Waals surface area contributed by atoms with Crippen LogP contribution in [-0.4, -0.2) is 39.8 Å². The van der Waals surface area contributed by atoms with Crippen LogP contribution in [0.1, 0.15) is 28.8 Å². The zero-order valence-electron chi connectivity index (χ0n) is 15.6. The van der Waals surface area contributed by atoms with Gasteiger partial charge in [0.05, 0.1) is 30.2 Å². The van der Waals surface area contributed by atoms with Crippen molar-refractivity contribution in [3.05, 3.63) is 65.5 Å². The van der Waals surface area contributed by atoms with Gasteiger partial charge in [0.25, 0.3) is 0 Å². The summed E-state index contributed by atoms with van der Waals surface area (Å²) in [5.74, 6) is -1.29. The zero-order valence-corrected chi connectivity index (χ0v) is 16.4. The second kappa shape index (κ2) is 8.70. The van der Waals surface area contributed by atoms with E-state index >= 15 is 0 Å². The minimum Gasteiger partial charge on any atom is -0.465 e. The smallest absolute Gasteiger partial charge is 0.337 e. The topological polar surface area (TPSA) is 75.7 Å². The average Bonchev–Trinajstić information content (AvgIpc) is 2.73. The lowest BCUT2D eigenvalue weighted by molar-refractivity contribution is 0.0600. The quantitative estimate of drug-likeness (QED) is 0.747. The highest BCUT2D eigenvalue weighted by Gasteiger charge is 2.33. The van der Waals surface area contributed by atoms with Crippen molar-refractivity contribution < 1.29 is 22.3 Å². The minimum atomic E-state index is -3.69. The molecule has 1 fully saturated rings. The second-order valence-electron chi connectivity index (χ2n) is 6.63. The molecule has 0 aromatic heterocycles. The highest BCUT2D eigenvalue weighted by atomic mass is 32.2. The predicted octanol–water partition coefficient (Wildman–Crippen LogP) is 2.70. The van der Waals surface area contributed by atoms with Crippen LogP contribution in [0.3, 0.4) is 0 Å². The van der Waals surface area contributed by atoms with Crippen molar-refractivity contribution in [1.82, 2.24) is 5.32 Å². The maximum atomic E-state index is 14.6. The Labute approximate surface area is 164 Å².